The molecule has 4 nitrogen and oxygen atoms in total. The van der Waals surface area contributed by atoms with E-state index in [1.54, 1.807) is 12.4 Å². The summed E-state index contributed by atoms with van der Waals surface area (Å²) in [5.74, 6) is 2.39. The fourth-order valence-electron chi connectivity index (χ4n) is 1.87. The van der Waals surface area contributed by atoms with Gasteiger partial charge in [-0.15, -0.1) is 0 Å². The van der Waals surface area contributed by atoms with Crippen LogP contribution in [0.2, 0.25) is 0 Å². The van der Waals surface area contributed by atoms with Gasteiger partial charge in [-0.05, 0) is 31.6 Å². The zero-order valence-corrected chi connectivity index (χ0v) is 8.76. The maximum Gasteiger partial charge on any atom is 0.147 e. The summed E-state index contributed by atoms with van der Waals surface area (Å²) in [7, 11) is 0. The number of nitrogens with two attached hydrogens (primary N) is 1. The van der Waals surface area contributed by atoms with Gasteiger partial charge >= 0.3 is 0 Å². The van der Waals surface area contributed by atoms with Crippen molar-refractivity contribution in [3.63, 3.8) is 0 Å². The highest BCUT2D eigenvalue weighted by Gasteiger charge is 2.34. The molecule has 0 amide bonds. The summed E-state index contributed by atoms with van der Waals surface area (Å²) in [6.07, 6.45) is 8.82. The molecule has 0 radical (unpaired) electrons. The first-order chi connectivity index (χ1) is 7.33. The van der Waals surface area contributed by atoms with Gasteiger partial charge in [0.05, 0.1) is 12.4 Å². The maximum absolute atomic E-state index is 5.54. The Kier molecular flexibility index (Phi) is 2.01. The Hall–Kier alpha value is -1.32. The lowest BCUT2D eigenvalue weighted by atomic mass is 10.3. The van der Waals surface area contributed by atoms with E-state index in [1.165, 1.54) is 25.7 Å². The van der Waals surface area contributed by atoms with Crippen LogP contribution in [0, 0.1) is 5.92 Å². The molecule has 4 heteroatoms. The van der Waals surface area contributed by atoms with E-state index in [0.29, 0.717) is 11.9 Å². The van der Waals surface area contributed by atoms with E-state index in [4.69, 9.17) is 5.73 Å². The second kappa shape index (κ2) is 3.36. The number of rotatable bonds is 4. The van der Waals surface area contributed by atoms with Crippen molar-refractivity contribution in [1.82, 2.24) is 9.97 Å². The predicted molar refractivity (Wildman–Crippen MR) is 59.5 cm³/mol. The molecule has 0 aliphatic heterocycles. The normalized spacial score (nSPS) is 20.3. The van der Waals surface area contributed by atoms with Gasteiger partial charge in [0.1, 0.15) is 11.6 Å². The molecule has 1 heterocycles. The van der Waals surface area contributed by atoms with E-state index in [-0.39, 0.29) is 0 Å². The second-order valence-electron chi connectivity index (χ2n) is 4.63. The molecule has 2 N–H and O–H groups in total. The topological polar surface area (TPSA) is 55.0 Å². The quantitative estimate of drug-likeness (QED) is 0.806. The van der Waals surface area contributed by atoms with E-state index in [0.717, 1.165) is 18.3 Å². The smallest absolute Gasteiger partial charge is 0.147 e. The van der Waals surface area contributed by atoms with E-state index >= 15 is 0 Å². The van der Waals surface area contributed by atoms with Crippen molar-refractivity contribution in [2.45, 2.75) is 31.7 Å². The molecule has 2 aliphatic rings. The fraction of sp³-hybridized carbons (Fsp3) is 0.636. The van der Waals surface area contributed by atoms with Crippen molar-refractivity contribution in [2.75, 3.05) is 17.2 Å². The minimum Gasteiger partial charge on any atom is -0.382 e. The molecule has 80 valence electrons. The molecule has 0 unspecified atom stereocenters. The van der Waals surface area contributed by atoms with Crippen molar-refractivity contribution in [2.24, 2.45) is 5.92 Å². The van der Waals surface area contributed by atoms with E-state index in [2.05, 4.69) is 14.9 Å². The molecule has 2 aliphatic carbocycles. The van der Waals surface area contributed by atoms with Crippen LogP contribution >= 0.6 is 0 Å². The molecule has 3 rings (SSSR count). The van der Waals surface area contributed by atoms with Crippen molar-refractivity contribution >= 4 is 11.6 Å². The van der Waals surface area contributed by atoms with Gasteiger partial charge in [0.25, 0.3) is 0 Å². The van der Waals surface area contributed by atoms with E-state index in [9.17, 15) is 0 Å². The third kappa shape index (κ3) is 2.03. The van der Waals surface area contributed by atoms with Gasteiger partial charge in [0, 0.05) is 12.6 Å². The molecule has 0 spiro atoms. The standard InChI is InChI=1S/C11H16N4/c12-10-5-14-11(6-13-10)15(9-3-4-9)7-8-1-2-8/h5-6,8-9H,1-4,7H2,(H2,12,13). The SMILES string of the molecule is Nc1cnc(N(CC2CC2)C2CC2)cn1. The Balaban J connectivity index is 1.77. The van der Waals surface area contributed by atoms with Gasteiger partial charge in [0.2, 0.25) is 0 Å². The van der Waals surface area contributed by atoms with Crippen LogP contribution in [0.4, 0.5) is 11.6 Å². The molecule has 1 aromatic heterocycles. The minimum absolute atomic E-state index is 0.501. The first-order valence-electron chi connectivity index (χ1n) is 5.67. The second-order valence-corrected chi connectivity index (χ2v) is 4.63. The molecule has 0 aromatic carbocycles. The average molecular weight is 204 g/mol. The maximum atomic E-state index is 5.54. The number of anilines is 2. The van der Waals surface area contributed by atoms with Gasteiger partial charge in [-0.25, -0.2) is 9.97 Å². The first-order valence-corrected chi connectivity index (χ1v) is 5.67. The van der Waals surface area contributed by atoms with Crippen LogP contribution in [0.15, 0.2) is 12.4 Å². The number of nitrogen functional groups attached to an aromatic ring is 1. The summed E-state index contributed by atoms with van der Waals surface area (Å²) in [5, 5.41) is 0. The van der Waals surface area contributed by atoms with Gasteiger partial charge < -0.3 is 10.6 Å². The minimum atomic E-state index is 0.501. The molecule has 0 bridgehead atoms. The Bertz CT molecular complexity index is 340. The third-order valence-electron chi connectivity index (χ3n) is 3.09. The monoisotopic (exact) mass is 204 g/mol. The molecule has 1 aromatic rings. The summed E-state index contributed by atoms with van der Waals surface area (Å²) in [6.45, 7) is 1.16. The highest BCUT2D eigenvalue weighted by Crippen LogP contribution is 2.36. The van der Waals surface area contributed by atoms with E-state index < -0.39 is 0 Å². The Morgan fingerprint density at radius 1 is 1.20 bits per heavy atom. The van der Waals surface area contributed by atoms with Crippen molar-refractivity contribution in [1.29, 1.82) is 0 Å². The Morgan fingerprint density at radius 2 is 2.00 bits per heavy atom. The lowest BCUT2D eigenvalue weighted by Gasteiger charge is -2.22. The van der Waals surface area contributed by atoms with Crippen molar-refractivity contribution in [3.8, 4) is 0 Å². The van der Waals surface area contributed by atoms with Crippen molar-refractivity contribution < 1.29 is 0 Å². The molecule has 0 saturated heterocycles. The van der Waals surface area contributed by atoms with Crippen LogP contribution in [0.1, 0.15) is 25.7 Å². The summed E-state index contributed by atoms with van der Waals surface area (Å²) >= 11 is 0. The summed E-state index contributed by atoms with van der Waals surface area (Å²) in [5.41, 5.74) is 5.54. The largest absolute Gasteiger partial charge is 0.382 e. The van der Waals surface area contributed by atoms with Crippen LogP contribution in [-0.2, 0) is 0 Å². The third-order valence-corrected chi connectivity index (χ3v) is 3.09. The molecule has 2 fully saturated rings. The van der Waals surface area contributed by atoms with E-state index in [1.807, 2.05) is 0 Å². The van der Waals surface area contributed by atoms with Gasteiger partial charge in [0.15, 0.2) is 0 Å². The molecular formula is C11H16N4. The van der Waals surface area contributed by atoms with Crippen LogP contribution < -0.4 is 10.6 Å². The zero-order chi connectivity index (χ0) is 10.3. The first kappa shape index (κ1) is 8.95. The highest BCUT2D eigenvalue weighted by atomic mass is 15.2. The van der Waals surface area contributed by atoms with Crippen molar-refractivity contribution in [3.05, 3.63) is 12.4 Å². The average Bonchev–Trinajstić information content (AvgIpc) is 3.10. The molecule has 0 atom stereocenters. The summed E-state index contributed by atoms with van der Waals surface area (Å²) < 4.78 is 0. The highest BCUT2D eigenvalue weighted by molar-refractivity contribution is 5.42. The number of hydrogen-bond donors (Lipinski definition) is 1. The molecule has 2 saturated carbocycles. The van der Waals surface area contributed by atoms with Crippen LogP contribution in [-0.4, -0.2) is 22.6 Å². The lowest BCUT2D eigenvalue weighted by molar-refractivity contribution is 0.707. The number of aromatic nitrogens is 2. The summed E-state index contributed by atoms with van der Waals surface area (Å²) in [6, 6.07) is 0.712. The Morgan fingerprint density at radius 3 is 2.53 bits per heavy atom. The van der Waals surface area contributed by atoms with Gasteiger partial charge in [-0.1, -0.05) is 0 Å². The van der Waals surface area contributed by atoms with Gasteiger partial charge in [-0.3, -0.25) is 0 Å². The Labute approximate surface area is 89.5 Å². The fourth-order valence-corrected chi connectivity index (χ4v) is 1.87. The number of hydrogen-bond acceptors (Lipinski definition) is 4. The zero-order valence-electron chi connectivity index (χ0n) is 8.76. The summed E-state index contributed by atoms with van der Waals surface area (Å²) in [4.78, 5) is 10.9. The molecular weight excluding hydrogens is 188 g/mol. The number of nitrogens with zero attached hydrogens (tertiary/aromatic N) is 3. The van der Waals surface area contributed by atoms with Gasteiger partial charge in [-0.2, -0.15) is 0 Å². The van der Waals surface area contributed by atoms with Crippen LogP contribution in [0.5, 0.6) is 0 Å². The van der Waals surface area contributed by atoms with Crippen LogP contribution in [0.3, 0.4) is 0 Å². The molecule has 15 heavy (non-hydrogen) atoms. The predicted octanol–water partition coefficient (Wildman–Crippen LogP) is 1.44. The van der Waals surface area contributed by atoms with Crippen LogP contribution in [0.25, 0.3) is 0 Å². The lowest BCUT2D eigenvalue weighted by Crippen LogP contribution is -2.29.